The van der Waals surface area contributed by atoms with E-state index >= 15 is 0 Å². The molecule has 0 radical (unpaired) electrons. The molecule has 18 heavy (non-hydrogen) atoms. The van der Waals surface area contributed by atoms with E-state index in [9.17, 15) is 0 Å². The largest absolute Gasteiger partial charge is 0.376 e. The van der Waals surface area contributed by atoms with Crippen LogP contribution in [0.15, 0.2) is 4.99 Å². The molecule has 0 spiro atoms. The first-order valence-electron chi connectivity index (χ1n) is 6.70. The molecule has 1 saturated carbocycles. The predicted molar refractivity (Wildman–Crippen MR) is 85.7 cm³/mol. The van der Waals surface area contributed by atoms with Crippen molar-refractivity contribution in [2.45, 2.75) is 38.2 Å². The van der Waals surface area contributed by atoms with Crippen LogP contribution in [0.4, 0.5) is 0 Å². The van der Waals surface area contributed by atoms with Gasteiger partial charge in [-0.05, 0) is 31.6 Å². The Labute approximate surface area is 128 Å². The second kappa shape index (κ2) is 6.93. The van der Waals surface area contributed by atoms with Gasteiger partial charge in [-0.2, -0.15) is 0 Å². The van der Waals surface area contributed by atoms with Gasteiger partial charge < -0.3 is 15.0 Å². The molecule has 1 heterocycles. The number of guanidine groups is 1. The standard InChI is InChI=1S/C13H25N3O.HI/c1-11-4-6-13(17-3,7-5-11)10-15-12-14-8-9-16(12)2;/h11H,4-10H2,1-3H3,(H,14,15);1H. The van der Waals surface area contributed by atoms with Crippen LogP contribution in [0, 0.1) is 5.92 Å². The lowest BCUT2D eigenvalue weighted by Crippen LogP contribution is -2.49. The van der Waals surface area contributed by atoms with Gasteiger partial charge in [0.05, 0.1) is 12.1 Å². The van der Waals surface area contributed by atoms with Crippen LogP contribution in [0.3, 0.4) is 0 Å². The van der Waals surface area contributed by atoms with Crippen LogP contribution in [-0.2, 0) is 4.74 Å². The second-order valence-electron chi connectivity index (χ2n) is 5.55. The molecule has 0 atom stereocenters. The third-order valence-corrected chi connectivity index (χ3v) is 4.25. The van der Waals surface area contributed by atoms with E-state index in [4.69, 9.17) is 4.74 Å². The Morgan fingerprint density at radius 1 is 1.44 bits per heavy atom. The number of nitrogens with zero attached hydrogens (tertiary/aromatic N) is 2. The van der Waals surface area contributed by atoms with Crippen LogP contribution in [-0.4, -0.2) is 50.3 Å². The van der Waals surface area contributed by atoms with Gasteiger partial charge in [-0.15, -0.1) is 24.0 Å². The van der Waals surface area contributed by atoms with E-state index in [2.05, 4.69) is 29.2 Å². The number of hydrogen-bond acceptors (Lipinski definition) is 4. The number of nitrogens with one attached hydrogen (secondary N) is 1. The smallest absolute Gasteiger partial charge is 0.193 e. The van der Waals surface area contributed by atoms with Gasteiger partial charge in [0.1, 0.15) is 0 Å². The minimum absolute atomic E-state index is 0. The maximum Gasteiger partial charge on any atom is 0.193 e. The van der Waals surface area contributed by atoms with Crippen LogP contribution in [0.25, 0.3) is 0 Å². The van der Waals surface area contributed by atoms with Crippen molar-refractivity contribution >= 4 is 29.9 Å². The molecule has 1 fully saturated rings. The maximum absolute atomic E-state index is 5.79. The van der Waals surface area contributed by atoms with E-state index in [0.717, 1.165) is 44.4 Å². The molecule has 5 heteroatoms. The van der Waals surface area contributed by atoms with Gasteiger partial charge >= 0.3 is 0 Å². The van der Waals surface area contributed by atoms with Crippen molar-refractivity contribution in [3.63, 3.8) is 0 Å². The summed E-state index contributed by atoms with van der Waals surface area (Å²) in [6.45, 7) is 5.16. The Morgan fingerprint density at radius 2 is 2.11 bits per heavy atom. The van der Waals surface area contributed by atoms with Gasteiger partial charge in [0.2, 0.25) is 0 Å². The molecule has 1 N–H and O–H groups in total. The Bertz CT molecular complexity index is 288. The molecule has 0 aromatic rings. The molecule has 2 aliphatic rings. The highest BCUT2D eigenvalue weighted by Gasteiger charge is 2.34. The summed E-state index contributed by atoms with van der Waals surface area (Å²) >= 11 is 0. The van der Waals surface area contributed by atoms with Crippen molar-refractivity contribution in [3.8, 4) is 0 Å². The highest BCUT2D eigenvalue weighted by atomic mass is 127. The van der Waals surface area contributed by atoms with Gasteiger partial charge in [0.15, 0.2) is 5.96 Å². The number of hydrogen-bond donors (Lipinski definition) is 1. The average molecular weight is 367 g/mol. The molecule has 0 aromatic carbocycles. The number of aliphatic imine (C=N–C) groups is 1. The number of halogens is 1. The molecule has 0 aromatic heterocycles. The summed E-state index contributed by atoms with van der Waals surface area (Å²) in [6.07, 6.45) is 4.87. The summed E-state index contributed by atoms with van der Waals surface area (Å²) in [7, 11) is 3.93. The molecule has 4 nitrogen and oxygen atoms in total. The number of ether oxygens (including phenoxy) is 1. The van der Waals surface area contributed by atoms with E-state index in [1.54, 1.807) is 0 Å². The lowest BCUT2D eigenvalue weighted by atomic mass is 9.79. The summed E-state index contributed by atoms with van der Waals surface area (Å²) in [5, 5.41) is 3.46. The molecular weight excluding hydrogens is 341 g/mol. The number of methoxy groups -OCH3 is 1. The van der Waals surface area contributed by atoms with Crippen molar-refractivity contribution in [1.29, 1.82) is 0 Å². The lowest BCUT2D eigenvalue weighted by molar-refractivity contribution is -0.0432. The molecule has 2 rings (SSSR count). The van der Waals surface area contributed by atoms with Crippen LogP contribution in [0.5, 0.6) is 0 Å². The van der Waals surface area contributed by atoms with Crippen molar-refractivity contribution in [2.24, 2.45) is 10.9 Å². The van der Waals surface area contributed by atoms with Crippen LogP contribution < -0.4 is 5.32 Å². The van der Waals surface area contributed by atoms with Crippen molar-refractivity contribution in [1.82, 2.24) is 10.2 Å². The molecule has 106 valence electrons. The maximum atomic E-state index is 5.79. The Hall–Kier alpha value is -0.0400. The Balaban J connectivity index is 0.00000162. The lowest BCUT2D eigenvalue weighted by Gasteiger charge is -2.38. The third kappa shape index (κ3) is 3.73. The first-order valence-corrected chi connectivity index (χ1v) is 6.70. The second-order valence-corrected chi connectivity index (χ2v) is 5.55. The highest BCUT2D eigenvalue weighted by molar-refractivity contribution is 14.0. The molecule has 0 bridgehead atoms. The fourth-order valence-electron chi connectivity index (χ4n) is 2.70. The van der Waals surface area contributed by atoms with Crippen molar-refractivity contribution < 1.29 is 4.74 Å². The van der Waals surface area contributed by atoms with E-state index in [1.807, 2.05) is 7.11 Å². The summed E-state index contributed by atoms with van der Waals surface area (Å²) in [4.78, 5) is 6.63. The van der Waals surface area contributed by atoms with E-state index in [-0.39, 0.29) is 29.6 Å². The fourth-order valence-corrected chi connectivity index (χ4v) is 2.70. The Morgan fingerprint density at radius 3 is 2.61 bits per heavy atom. The Kier molecular flexibility index (Phi) is 6.17. The zero-order valence-electron chi connectivity index (χ0n) is 11.7. The first kappa shape index (κ1) is 16.0. The van der Waals surface area contributed by atoms with Gasteiger partial charge in [-0.25, -0.2) is 0 Å². The van der Waals surface area contributed by atoms with E-state index in [0.29, 0.717) is 0 Å². The van der Waals surface area contributed by atoms with E-state index < -0.39 is 0 Å². The molecule has 0 unspecified atom stereocenters. The van der Waals surface area contributed by atoms with Crippen LogP contribution in [0.1, 0.15) is 32.6 Å². The van der Waals surface area contributed by atoms with Gasteiger partial charge in [-0.1, -0.05) is 6.92 Å². The third-order valence-electron chi connectivity index (χ3n) is 4.25. The molecule has 0 saturated heterocycles. The fraction of sp³-hybridized carbons (Fsp3) is 0.923. The summed E-state index contributed by atoms with van der Waals surface area (Å²) in [6, 6.07) is 0. The summed E-state index contributed by atoms with van der Waals surface area (Å²) < 4.78 is 5.79. The summed E-state index contributed by atoms with van der Waals surface area (Å²) in [5.74, 6) is 1.88. The summed E-state index contributed by atoms with van der Waals surface area (Å²) in [5.41, 5.74) is 0.0263. The highest BCUT2D eigenvalue weighted by Crippen LogP contribution is 2.33. The quantitative estimate of drug-likeness (QED) is 0.777. The monoisotopic (exact) mass is 367 g/mol. The molecule has 1 aliphatic heterocycles. The minimum Gasteiger partial charge on any atom is -0.376 e. The van der Waals surface area contributed by atoms with Crippen LogP contribution in [0.2, 0.25) is 0 Å². The topological polar surface area (TPSA) is 36.9 Å². The molecule has 1 aliphatic carbocycles. The zero-order valence-corrected chi connectivity index (χ0v) is 14.1. The van der Waals surface area contributed by atoms with E-state index in [1.165, 1.54) is 12.8 Å². The number of likely N-dealkylation sites (N-methyl/N-ethyl adjacent to an activating group) is 1. The molecular formula is C13H26IN3O. The van der Waals surface area contributed by atoms with Crippen molar-refractivity contribution in [3.05, 3.63) is 0 Å². The number of rotatable bonds is 3. The van der Waals surface area contributed by atoms with Crippen molar-refractivity contribution in [2.75, 3.05) is 33.8 Å². The SMILES string of the molecule is COC1(CNC2=NCCN2C)CCC(C)CC1.I. The predicted octanol–water partition coefficient (Wildman–Crippen LogP) is 2.09. The van der Waals surface area contributed by atoms with Gasteiger partial charge in [0, 0.05) is 27.2 Å². The average Bonchev–Trinajstić information content (AvgIpc) is 2.75. The van der Waals surface area contributed by atoms with Crippen LogP contribution >= 0.6 is 24.0 Å². The minimum atomic E-state index is 0. The zero-order chi connectivity index (χ0) is 12.3. The normalized spacial score (nSPS) is 31.8. The van der Waals surface area contributed by atoms with Gasteiger partial charge in [-0.3, -0.25) is 4.99 Å². The first-order chi connectivity index (χ1) is 8.15. The van der Waals surface area contributed by atoms with Gasteiger partial charge in [0.25, 0.3) is 0 Å². The molecule has 0 amide bonds.